The van der Waals surface area contributed by atoms with Crippen LogP contribution in [0.1, 0.15) is 16.7 Å². The van der Waals surface area contributed by atoms with Crippen molar-refractivity contribution in [2.24, 2.45) is 0 Å². The van der Waals surface area contributed by atoms with Crippen LogP contribution in [0.15, 0.2) is 36.4 Å². The van der Waals surface area contributed by atoms with Gasteiger partial charge in [-0.1, -0.05) is 6.07 Å². The quantitative estimate of drug-likeness (QED) is 0.670. The molecular weight excluding hydrogens is 268 g/mol. The van der Waals surface area contributed by atoms with Gasteiger partial charge in [-0.15, -0.1) is 0 Å². The lowest BCUT2D eigenvalue weighted by Crippen LogP contribution is -2.00. The summed E-state index contributed by atoms with van der Waals surface area (Å²) in [5.74, 6) is 0.803. The summed E-state index contributed by atoms with van der Waals surface area (Å²) in [6.45, 7) is 4.41. The number of nitrogens with zero attached hydrogens (tertiary/aromatic N) is 1. The summed E-state index contributed by atoms with van der Waals surface area (Å²) in [6, 6.07) is 11.0. The van der Waals surface area contributed by atoms with Crippen LogP contribution >= 0.6 is 0 Å². The second-order valence-electron chi connectivity index (χ2n) is 4.97. The molecule has 0 atom stereocenters. The number of nitro groups is 1. The molecule has 0 aliphatic heterocycles. The molecule has 21 heavy (non-hydrogen) atoms. The molecule has 0 bridgehead atoms. The van der Waals surface area contributed by atoms with Gasteiger partial charge in [0.05, 0.1) is 4.92 Å². The molecule has 0 saturated carbocycles. The highest BCUT2D eigenvalue weighted by Crippen LogP contribution is 2.26. The van der Waals surface area contributed by atoms with Crippen LogP contribution in [0.3, 0.4) is 0 Å². The number of anilines is 1. The van der Waals surface area contributed by atoms with Crippen molar-refractivity contribution in [2.45, 2.75) is 20.5 Å². The van der Waals surface area contributed by atoms with Crippen LogP contribution in [-0.4, -0.2) is 12.0 Å². The molecule has 0 unspecified atom stereocenters. The summed E-state index contributed by atoms with van der Waals surface area (Å²) < 4.78 is 5.76. The van der Waals surface area contributed by atoms with Crippen molar-refractivity contribution in [2.75, 3.05) is 12.4 Å². The Hall–Kier alpha value is -2.56. The number of rotatable bonds is 5. The molecule has 5 nitrogen and oxygen atoms in total. The second kappa shape index (κ2) is 6.26. The van der Waals surface area contributed by atoms with E-state index in [0.29, 0.717) is 12.3 Å². The number of benzene rings is 2. The van der Waals surface area contributed by atoms with Crippen molar-refractivity contribution in [1.82, 2.24) is 0 Å². The zero-order valence-corrected chi connectivity index (χ0v) is 12.3. The fourth-order valence-corrected chi connectivity index (χ4v) is 2.22. The Morgan fingerprint density at radius 1 is 1.14 bits per heavy atom. The third-order valence-corrected chi connectivity index (χ3v) is 3.13. The van der Waals surface area contributed by atoms with Gasteiger partial charge in [0.15, 0.2) is 0 Å². The Morgan fingerprint density at radius 2 is 1.81 bits per heavy atom. The van der Waals surface area contributed by atoms with Crippen LogP contribution in [0.2, 0.25) is 0 Å². The Morgan fingerprint density at radius 3 is 2.38 bits per heavy atom. The molecule has 0 amide bonds. The maximum atomic E-state index is 10.9. The van der Waals surface area contributed by atoms with Crippen LogP contribution in [0.25, 0.3) is 0 Å². The summed E-state index contributed by atoms with van der Waals surface area (Å²) in [5, 5.41) is 13.7. The summed E-state index contributed by atoms with van der Waals surface area (Å²) in [4.78, 5) is 10.5. The van der Waals surface area contributed by atoms with Crippen molar-refractivity contribution >= 4 is 11.4 Å². The zero-order valence-electron chi connectivity index (χ0n) is 12.3. The molecule has 0 aromatic heterocycles. The standard InChI is InChI=1S/C16H18N2O3/c1-11-6-12(2)8-14(7-11)21-10-13-4-5-16(18(19)20)15(9-13)17-3/h4-9,17H,10H2,1-3H3. The topological polar surface area (TPSA) is 64.4 Å². The summed E-state index contributed by atoms with van der Waals surface area (Å²) in [5.41, 5.74) is 3.72. The van der Waals surface area contributed by atoms with Gasteiger partial charge in [-0.05, 0) is 54.8 Å². The largest absolute Gasteiger partial charge is 0.489 e. The Balaban J connectivity index is 2.14. The first kappa shape index (κ1) is 14.8. The van der Waals surface area contributed by atoms with Crippen LogP contribution in [0.5, 0.6) is 5.75 Å². The predicted molar refractivity (Wildman–Crippen MR) is 82.9 cm³/mol. The van der Waals surface area contributed by atoms with Crippen molar-refractivity contribution in [3.05, 3.63) is 63.2 Å². The van der Waals surface area contributed by atoms with Crippen molar-refractivity contribution in [3.8, 4) is 5.75 Å². The number of nitro benzene ring substituents is 1. The van der Waals surface area contributed by atoms with Crippen molar-refractivity contribution in [1.29, 1.82) is 0 Å². The van der Waals surface area contributed by atoms with Crippen molar-refractivity contribution in [3.63, 3.8) is 0 Å². The van der Waals surface area contributed by atoms with Gasteiger partial charge >= 0.3 is 0 Å². The lowest BCUT2D eigenvalue weighted by atomic mass is 10.1. The molecule has 1 N–H and O–H groups in total. The first-order valence-electron chi connectivity index (χ1n) is 6.66. The first-order valence-corrected chi connectivity index (χ1v) is 6.66. The first-order chi connectivity index (χ1) is 9.99. The van der Waals surface area contributed by atoms with Gasteiger partial charge < -0.3 is 10.1 Å². The van der Waals surface area contributed by atoms with Gasteiger partial charge in [-0.2, -0.15) is 0 Å². The smallest absolute Gasteiger partial charge is 0.292 e. The molecule has 2 aromatic carbocycles. The van der Waals surface area contributed by atoms with Crippen LogP contribution in [0, 0.1) is 24.0 Å². The molecule has 0 aliphatic rings. The van der Waals surface area contributed by atoms with E-state index in [4.69, 9.17) is 4.74 Å². The van der Waals surface area contributed by atoms with E-state index >= 15 is 0 Å². The number of hydrogen-bond donors (Lipinski definition) is 1. The Bertz CT molecular complexity index is 648. The minimum Gasteiger partial charge on any atom is -0.489 e. The van der Waals surface area contributed by atoms with Gasteiger partial charge in [0.25, 0.3) is 5.69 Å². The molecule has 5 heteroatoms. The number of ether oxygens (including phenoxy) is 1. The van der Waals surface area contributed by atoms with Crippen molar-refractivity contribution < 1.29 is 9.66 Å². The monoisotopic (exact) mass is 286 g/mol. The lowest BCUT2D eigenvalue weighted by molar-refractivity contribution is -0.384. The fourth-order valence-electron chi connectivity index (χ4n) is 2.22. The second-order valence-corrected chi connectivity index (χ2v) is 4.97. The van der Waals surface area contributed by atoms with E-state index < -0.39 is 4.92 Å². The van der Waals surface area contributed by atoms with E-state index in [1.54, 1.807) is 19.2 Å². The average molecular weight is 286 g/mol. The number of hydrogen-bond acceptors (Lipinski definition) is 4. The van der Waals surface area contributed by atoms with Gasteiger partial charge in [0, 0.05) is 13.1 Å². The highest BCUT2D eigenvalue weighted by molar-refractivity contribution is 5.62. The molecule has 0 spiro atoms. The number of nitrogens with one attached hydrogen (secondary N) is 1. The summed E-state index contributed by atoms with van der Waals surface area (Å²) >= 11 is 0. The van der Waals surface area contributed by atoms with Gasteiger partial charge in [-0.25, -0.2) is 0 Å². The number of aryl methyl sites for hydroxylation is 2. The van der Waals surface area contributed by atoms with Crippen LogP contribution in [0.4, 0.5) is 11.4 Å². The fraction of sp³-hybridized carbons (Fsp3) is 0.250. The van der Waals surface area contributed by atoms with E-state index in [1.807, 2.05) is 26.0 Å². The van der Waals surface area contributed by atoms with Gasteiger partial charge in [0.1, 0.15) is 18.0 Å². The van der Waals surface area contributed by atoms with E-state index in [1.165, 1.54) is 6.07 Å². The minimum atomic E-state index is -0.402. The maximum Gasteiger partial charge on any atom is 0.292 e. The molecule has 0 heterocycles. The molecular formula is C16H18N2O3. The molecule has 2 aromatic rings. The van der Waals surface area contributed by atoms with E-state index in [0.717, 1.165) is 22.4 Å². The molecule has 2 rings (SSSR count). The predicted octanol–water partition coefficient (Wildman–Crippen LogP) is 3.83. The summed E-state index contributed by atoms with van der Waals surface area (Å²) in [6.07, 6.45) is 0. The Labute approximate surface area is 123 Å². The molecule has 0 saturated heterocycles. The van der Waals surface area contributed by atoms with E-state index in [-0.39, 0.29) is 5.69 Å². The normalized spacial score (nSPS) is 10.2. The average Bonchev–Trinajstić information content (AvgIpc) is 2.43. The SMILES string of the molecule is CNc1cc(COc2cc(C)cc(C)c2)ccc1[N+](=O)[O-]. The molecule has 110 valence electrons. The highest BCUT2D eigenvalue weighted by atomic mass is 16.6. The third kappa shape index (κ3) is 3.72. The van der Waals surface area contributed by atoms with Gasteiger partial charge in [0.2, 0.25) is 0 Å². The van der Waals surface area contributed by atoms with Gasteiger partial charge in [-0.3, -0.25) is 10.1 Å². The Kier molecular flexibility index (Phi) is 4.42. The minimum absolute atomic E-state index is 0.0626. The zero-order chi connectivity index (χ0) is 15.4. The van der Waals surface area contributed by atoms with Crippen LogP contribution < -0.4 is 10.1 Å². The lowest BCUT2D eigenvalue weighted by Gasteiger charge is -2.10. The maximum absolute atomic E-state index is 10.9. The summed E-state index contributed by atoms with van der Waals surface area (Å²) in [7, 11) is 1.66. The molecule has 0 aliphatic carbocycles. The molecule has 0 radical (unpaired) electrons. The highest BCUT2D eigenvalue weighted by Gasteiger charge is 2.12. The van der Waals surface area contributed by atoms with E-state index in [2.05, 4.69) is 11.4 Å². The third-order valence-electron chi connectivity index (χ3n) is 3.13. The van der Waals surface area contributed by atoms with Crippen LogP contribution in [-0.2, 0) is 6.61 Å². The molecule has 0 fully saturated rings. The van der Waals surface area contributed by atoms with E-state index in [9.17, 15) is 10.1 Å².